The van der Waals surface area contributed by atoms with E-state index in [1.54, 1.807) is 12.1 Å². The zero-order valence-electron chi connectivity index (χ0n) is 9.43. The number of nitrogens with one attached hydrogen (secondary N) is 1. The molecule has 0 amide bonds. The van der Waals surface area contributed by atoms with Gasteiger partial charge in [0, 0.05) is 11.3 Å². The molecule has 2 rings (SSSR count). The monoisotopic (exact) mass is 235 g/mol. The molecule has 1 heterocycles. The van der Waals surface area contributed by atoms with Crippen molar-refractivity contribution in [1.82, 2.24) is 0 Å². The molecule has 1 atom stereocenters. The Morgan fingerprint density at radius 1 is 1.47 bits per heavy atom. The number of ketones is 1. The Hall–Kier alpha value is -2.04. The summed E-state index contributed by atoms with van der Waals surface area (Å²) in [6.45, 7) is 2.18. The topological polar surface area (TPSA) is 64.6 Å². The zero-order valence-corrected chi connectivity index (χ0v) is 9.43. The fourth-order valence-electron chi connectivity index (χ4n) is 1.63. The van der Waals surface area contributed by atoms with E-state index in [4.69, 9.17) is 4.74 Å². The van der Waals surface area contributed by atoms with E-state index < -0.39 is 6.16 Å². The van der Waals surface area contributed by atoms with Crippen LogP contribution in [0.25, 0.3) is 0 Å². The SMILES string of the molecule is CC(=O)c1ccccc1NCC1COC(=O)O1. The molecule has 0 bridgehead atoms. The summed E-state index contributed by atoms with van der Waals surface area (Å²) in [7, 11) is 0. The molecule has 1 fully saturated rings. The molecule has 1 saturated heterocycles. The maximum Gasteiger partial charge on any atom is 0.508 e. The largest absolute Gasteiger partial charge is 0.508 e. The number of hydrogen-bond donors (Lipinski definition) is 1. The van der Waals surface area contributed by atoms with Crippen LogP contribution in [0.5, 0.6) is 0 Å². The van der Waals surface area contributed by atoms with Crippen LogP contribution >= 0.6 is 0 Å². The zero-order chi connectivity index (χ0) is 12.3. The number of ether oxygens (including phenoxy) is 2. The van der Waals surface area contributed by atoms with Gasteiger partial charge in [0.25, 0.3) is 0 Å². The minimum atomic E-state index is -0.642. The second kappa shape index (κ2) is 4.86. The lowest BCUT2D eigenvalue weighted by Crippen LogP contribution is -2.22. The molecule has 1 aromatic carbocycles. The Labute approximate surface area is 98.7 Å². The van der Waals surface area contributed by atoms with Gasteiger partial charge in [0.15, 0.2) is 11.9 Å². The summed E-state index contributed by atoms with van der Waals surface area (Å²) in [5, 5.41) is 3.08. The van der Waals surface area contributed by atoms with Crippen LogP contribution in [0.1, 0.15) is 17.3 Å². The average molecular weight is 235 g/mol. The number of carbonyl (C=O) groups is 2. The second-order valence-corrected chi connectivity index (χ2v) is 3.78. The van der Waals surface area contributed by atoms with Gasteiger partial charge in [-0.05, 0) is 19.1 Å². The fraction of sp³-hybridized carbons (Fsp3) is 0.333. The number of benzene rings is 1. The molecule has 1 N–H and O–H groups in total. The van der Waals surface area contributed by atoms with Crippen molar-refractivity contribution in [3.8, 4) is 0 Å². The summed E-state index contributed by atoms with van der Waals surface area (Å²) >= 11 is 0. The van der Waals surface area contributed by atoms with E-state index in [1.807, 2.05) is 12.1 Å². The van der Waals surface area contributed by atoms with E-state index in [0.29, 0.717) is 12.1 Å². The lowest BCUT2D eigenvalue weighted by atomic mass is 10.1. The summed E-state index contributed by atoms with van der Waals surface area (Å²) < 4.78 is 9.54. The molecule has 0 saturated carbocycles. The second-order valence-electron chi connectivity index (χ2n) is 3.78. The lowest BCUT2D eigenvalue weighted by molar-refractivity contribution is 0.101. The van der Waals surface area contributed by atoms with Crippen molar-refractivity contribution >= 4 is 17.6 Å². The molecule has 0 spiro atoms. The van der Waals surface area contributed by atoms with Gasteiger partial charge in [-0.15, -0.1) is 0 Å². The minimum Gasteiger partial charge on any atom is -0.430 e. The number of anilines is 1. The number of carbonyl (C=O) groups excluding carboxylic acids is 2. The van der Waals surface area contributed by atoms with Crippen molar-refractivity contribution in [2.45, 2.75) is 13.0 Å². The molecule has 17 heavy (non-hydrogen) atoms. The Morgan fingerprint density at radius 3 is 2.88 bits per heavy atom. The highest BCUT2D eigenvalue weighted by Crippen LogP contribution is 2.16. The van der Waals surface area contributed by atoms with E-state index >= 15 is 0 Å². The van der Waals surface area contributed by atoms with Crippen molar-refractivity contribution < 1.29 is 19.1 Å². The van der Waals surface area contributed by atoms with Crippen LogP contribution < -0.4 is 5.32 Å². The van der Waals surface area contributed by atoms with Crippen LogP contribution in [-0.4, -0.2) is 31.2 Å². The maximum absolute atomic E-state index is 11.4. The molecule has 1 aliphatic rings. The van der Waals surface area contributed by atoms with Gasteiger partial charge in [-0.2, -0.15) is 0 Å². The third-order valence-corrected chi connectivity index (χ3v) is 2.48. The van der Waals surface area contributed by atoms with Gasteiger partial charge in [-0.25, -0.2) is 4.79 Å². The Kier molecular flexibility index (Phi) is 3.27. The highest BCUT2D eigenvalue weighted by molar-refractivity contribution is 5.99. The van der Waals surface area contributed by atoms with E-state index in [2.05, 4.69) is 10.1 Å². The number of para-hydroxylation sites is 1. The number of cyclic esters (lactones) is 2. The van der Waals surface area contributed by atoms with Gasteiger partial charge < -0.3 is 14.8 Å². The third-order valence-electron chi connectivity index (χ3n) is 2.48. The standard InChI is InChI=1S/C12H13NO4/c1-8(14)10-4-2-3-5-11(10)13-6-9-7-16-12(15)17-9/h2-5,9,13H,6-7H2,1H3. The molecule has 90 valence electrons. The summed E-state index contributed by atoms with van der Waals surface area (Å²) in [6.07, 6.45) is -0.945. The predicted molar refractivity (Wildman–Crippen MR) is 61.2 cm³/mol. The first-order valence-electron chi connectivity index (χ1n) is 5.34. The van der Waals surface area contributed by atoms with E-state index in [1.165, 1.54) is 6.92 Å². The molecule has 0 aliphatic carbocycles. The third kappa shape index (κ3) is 2.75. The summed E-state index contributed by atoms with van der Waals surface area (Å²) in [5.74, 6) is -0.00670. The normalized spacial score (nSPS) is 18.4. The van der Waals surface area contributed by atoms with Gasteiger partial charge in [0.2, 0.25) is 0 Å². The molecule has 5 nitrogen and oxygen atoms in total. The molecule has 1 unspecified atom stereocenters. The Morgan fingerprint density at radius 2 is 2.24 bits per heavy atom. The van der Waals surface area contributed by atoms with Crippen LogP contribution in [0.4, 0.5) is 10.5 Å². The first kappa shape index (κ1) is 11.4. The van der Waals surface area contributed by atoms with Gasteiger partial charge in [-0.1, -0.05) is 12.1 Å². The van der Waals surface area contributed by atoms with Gasteiger partial charge >= 0.3 is 6.16 Å². The summed E-state index contributed by atoms with van der Waals surface area (Å²) in [5.41, 5.74) is 1.36. The Balaban J connectivity index is 1.99. The maximum atomic E-state index is 11.4. The average Bonchev–Trinajstić information content (AvgIpc) is 2.73. The highest BCUT2D eigenvalue weighted by Gasteiger charge is 2.24. The van der Waals surface area contributed by atoms with Gasteiger partial charge in [0.1, 0.15) is 6.61 Å². The van der Waals surface area contributed by atoms with Gasteiger partial charge in [0.05, 0.1) is 6.54 Å². The number of rotatable bonds is 4. The van der Waals surface area contributed by atoms with Crippen molar-refractivity contribution in [2.75, 3.05) is 18.5 Å². The molecule has 0 radical (unpaired) electrons. The molecule has 0 aromatic heterocycles. The Bertz CT molecular complexity index is 444. The summed E-state index contributed by atoms with van der Waals surface area (Å²) in [6, 6.07) is 7.21. The van der Waals surface area contributed by atoms with Crippen LogP contribution in [-0.2, 0) is 9.47 Å². The van der Waals surface area contributed by atoms with E-state index in [9.17, 15) is 9.59 Å². The van der Waals surface area contributed by atoms with Crippen LogP contribution in [0.15, 0.2) is 24.3 Å². The van der Waals surface area contributed by atoms with Crippen molar-refractivity contribution in [3.05, 3.63) is 29.8 Å². The molecule has 1 aliphatic heterocycles. The first-order chi connectivity index (χ1) is 8.16. The molecule has 1 aromatic rings. The van der Waals surface area contributed by atoms with Crippen molar-refractivity contribution in [3.63, 3.8) is 0 Å². The number of hydrogen-bond acceptors (Lipinski definition) is 5. The van der Waals surface area contributed by atoms with Crippen molar-refractivity contribution in [2.24, 2.45) is 0 Å². The van der Waals surface area contributed by atoms with Crippen LogP contribution in [0.3, 0.4) is 0 Å². The smallest absolute Gasteiger partial charge is 0.430 e. The van der Waals surface area contributed by atoms with Crippen molar-refractivity contribution in [1.29, 1.82) is 0 Å². The predicted octanol–water partition coefficient (Wildman–Crippen LogP) is 1.84. The molecular weight excluding hydrogens is 222 g/mol. The summed E-state index contributed by atoms with van der Waals surface area (Å²) in [4.78, 5) is 22.1. The minimum absolute atomic E-state index is 0.00670. The lowest BCUT2D eigenvalue weighted by Gasteiger charge is -2.12. The van der Waals surface area contributed by atoms with Gasteiger partial charge in [-0.3, -0.25) is 4.79 Å². The number of Topliss-reactive ketones (excluding diaryl/α,β-unsaturated/α-hetero) is 1. The quantitative estimate of drug-likeness (QED) is 0.637. The first-order valence-corrected chi connectivity index (χ1v) is 5.34. The van der Waals surface area contributed by atoms with Crippen LogP contribution in [0, 0.1) is 0 Å². The van der Waals surface area contributed by atoms with Crippen LogP contribution in [0.2, 0.25) is 0 Å². The van der Waals surface area contributed by atoms with E-state index in [-0.39, 0.29) is 18.5 Å². The molecular formula is C12H13NO4. The van der Waals surface area contributed by atoms with E-state index in [0.717, 1.165) is 5.69 Å². The highest BCUT2D eigenvalue weighted by atomic mass is 16.8. The fourth-order valence-corrected chi connectivity index (χ4v) is 1.63. The molecule has 5 heteroatoms.